The second-order valence-corrected chi connectivity index (χ2v) is 7.29. The summed E-state index contributed by atoms with van der Waals surface area (Å²) in [5.74, 6) is 1.70. The molecule has 6 heteroatoms. The van der Waals surface area contributed by atoms with Gasteiger partial charge in [-0.3, -0.25) is 4.79 Å². The third kappa shape index (κ3) is 5.07. The van der Waals surface area contributed by atoms with Crippen molar-refractivity contribution in [1.29, 1.82) is 0 Å². The van der Waals surface area contributed by atoms with Crippen molar-refractivity contribution in [2.24, 2.45) is 5.92 Å². The molecule has 0 atom stereocenters. The fraction of sp³-hybridized carbons (Fsp3) is 0.550. The summed E-state index contributed by atoms with van der Waals surface area (Å²) in [5.41, 5.74) is 2.18. The molecule has 0 bridgehead atoms. The Morgan fingerprint density at radius 2 is 1.96 bits per heavy atom. The molecule has 1 aromatic carbocycles. The van der Waals surface area contributed by atoms with Gasteiger partial charge in [-0.2, -0.15) is 4.98 Å². The van der Waals surface area contributed by atoms with Gasteiger partial charge in [0.1, 0.15) is 0 Å². The van der Waals surface area contributed by atoms with Crippen molar-refractivity contribution in [3.8, 4) is 11.4 Å². The zero-order valence-electron chi connectivity index (χ0n) is 15.7. The van der Waals surface area contributed by atoms with E-state index in [1.54, 1.807) is 0 Å². The maximum atomic E-state index is 11.8. The SMILES string of the molecule is CC(C)CCNC(=O)CCc1nc(-c2ccc(N3CCCC3)cc2)no1. The predicted molar refractivity (Wildman–Crippen MR) is 102 cm³/mol. The molecule has 6 nitrogen and oxygen atoms in total. The molecule has 1 aliphatic heterocycles. The lowest BCUT2D eigenvalue weighted by Crippen LogP contribution is -2.25. The second-order valence-electron chi connectivity index (χ2n) is 7.29. The number of amides is 1. The summed E-state index contributed by atoms with van der Waals surface area (Å²) < 4.78 is 5.29. The smallest absolute Gasteiger partial charge is 0.227 e. The highest BCUT2D eigenvalue weighted by atomic mass is 16.5. The predicted octanol–water partition coefficient (Wildman–Crippen LogP) is 3.43. The number of carbonyl (C=O) groups excluding carboxylic acids is 1. The molecule has 2 aromatic rings. The number of hydrogen-bond donors (Lipinski definition) is 1. The van der Waals surface area contributed by atoms with Crippen LogP contribution in [-0.4, -0.2) is 35.7 Å². The van der Waals surface area contributed by atoms with Crippen molar-refractivity contribution in [2.45, 2.75) is 46.0 Å². The normalized spacial score (nSPS) is 14.2. The molecule has 1 aliphatic rings. The average molecular weight is 356 g/mol. The molecule has 0 spiro atoms. The van der Waals surface area contributed by atoms with Crippen molar-refractivity contribution < 1.29 is 9.32 Å². The van der Waals surface area contributed by atoms with Gasteiger partial charge in [-0.25, -0.2) is 0 Å². The Hall–Kier alpha value is -2.37. The van der Waals surface area contributed by atoms with Crippen molar-refractivity contribution in [3.63, 3.8) is 0 Å². The van der Waals surface area contributed by atoms with Crippen LogP contribution in [0, 0.1) is 5.92 Å². The molecular weight excluding hydrogens is 328 g/mol. The van der Waals surface area contributed by atoms with Gasteiger partial charge in [0.05, 0.1) is 0 Å². The molecule has 1 fully saturated rings. The van der Waals surface area contributed by atoms with Crippen LogP contribution in [0.5, 0.6) is 0 Å². The monoisotopic (exact) mass is 356 g/mol. The molecule has 0 unspecified atom stereocenters. The first-order valence-electron chi connectivity index (χ1n) is 9.56. The maximum Gasteiger partial charge on any atom is 0.227 e. The van der Waals surface area contributed by atoms with Gasteiger partial charge in [0.25, 0.3) is 0 Å². The Morgan fingerprint density at radius 1 is 1.23 bits per heavy atom. The van der Waals surface area contributed by atoms with Crippen molar-refractivity contribution in [1.82, 2.24) is 15.5 Å². The van der Waals surface area contributed by atoms with Gasteiger partial charge >= 0.3 is 0 Å². The van der Waals surface area contributed by atoms with Crippen molar-refractivity contribution >= 4 is 11.6 Å². The minimum atomic E-state index is 0.0281. The second kappa shape index (κ2) is 8.83. The minimum Gasteiger partial charge on any atom is -0.372 e. The van der Waals surface area contributed by atoms with Gasteiger partial charge in [0.2, 0.25) is 17.6 Å². The molecule has 1 amide bonds. The van der Waals surface area contributed by atoms with Crippen LogP contribution >= 0.6 is 0 Å². The summed E-state index contributed by atoms with van der Waals surface area (Å²) in [5, 5.41) is 6.97. The fourth-order valence-electron chi connectivity index (χ4n) is 3.08. The Bertz CT molecular complexity index is 703. The number of nitrogens with zero attached hydrogens (tertiary/aromatic N) is 3. The number of rotatable bonds is 8. The summed E-state index contributed by atoms with van der Waals surface area (Å²) in [7, 11) is 0. The van der Waals surface area contributed by atoms with E-state index in [1.807, 2.05) is 12.1 Å². The topological polar surface area (TPSA) is 71.3 Å². The third-order valence-corrected chi connectivity index (χ3v) is 4.67. The number of nitrogens with one attached hydrogen (secondary N) is 1. The molecule has 140 valence electrons. The zero-order chi connectivity index (χ0) is 18.4. The lowest BCUT2D eigenvalue weighted by atomic mass is 10.1. The van der Waals surface area contributed by atoms with E-state index < -0.39 is 0 Å². The standard InChI is InChI=1S/C20H28N4O2/c1-15(2)11-12-21-18(25)9-10-19-22-20(23-26-19)16-5-7-17(8-6-16)24-13-3-4-14-24/h5-8,15H,3-4,9-14H2,1-2H3,(H,21,25). The first-order valence-corrected chi connectivity index (χ1v) is 9.56. The molecule has 0 saturated carbocycles. The van der Waals surface area contributed by atoms with Gasteiger partial charge in [0, 0.05) is 43.7 Å². The first kappa shape index (κ1) is 18.4. The molecule has 1 N–H and O–H groups in total. The van der Waals surface area contributed by atoms with E-state index in [4.69, 9.17) is 4.52 Å². The molecule has 0 aliphatic carbocycles. The van der Waals surface area contributed by atoms with Crippen LogP contribution in [0.15, 0.2) is 28.8 Å². The van der Waals surface area contributed by atoms with Crippen LogP contribution in [-0.2, 0) is 11.2 Å². The van der Waals surface area contributed by atoms with Gasteiger partial charge in [0.15, 0.2) is 0 Å². The number of aryl methyl sites for hydroxylation is 1. The van der Waals surface area contributed by atoms with Crippen molar-refractivity contribution in [2.75, 3.05) is 24.5 Å². The molecule has 26 heavy (non-hydrogen) atoms. The van der Waals surface area contributed by atoms with Crippen LogP contribution in [0.3, 0.4) is 0 Å². The Kier molecular flexibility index (Phi) is 6.26. The van der Waals surface area contributed by atoms with E-state index in [0.717, 1.165) is 31.6 Å². The lowest BCUT2D eigenvalue weighted by Gasteiger charge is -2.17. The summed E-state index contributed by atoms with van der Waals surface area (Å²) in [6, 6.07) is 8.28. The lowest BCUT2D eigenvalue weighted by molar-refractivity contribution is -0.121. The summed E-state index contributed by atoms with van der Waals surface area (Å²) in [6.45, 7) is 7.26. The van der Waals surface area contributed by atoms with E-state index in [2.05, 4.69) is 46.3 Å². The van der Waals surface area contributed by atoms with E-state index in [9.17, 15) is 4.79 Å². The van der Waals surface area contributed by atoms with Gasteiger partial charge in [-0.1, -0.05) is 19.0 Å². The molecular formula is C20H28N4O2. The van der Waals surface area contributed by atoms with Gasteiger partial charge < -0.3 is 14.7 Å². The third-order valence-electron chi connectivity index (χ3n) is 4.67. The average Bonchev–Trinajstić information content (AvgIpc) is 3.32. The van der Waals surface area contributed by atoms with Crippen LogP contribution < -0.4 is 10.2 Å². The highest BCUT2D eigenvalue weighted by Gasteiger charge is 2.14. The number of hydrogen-bond acceptors (Lipinski definition) is 5. The number of carbonyl (C=O) groups is 1. The van der Waals surface area contributed by atoms with E-state index >= 15 is 0 Å². The molecule has 1 aromatic heterocycles. The Labute approximate surface area is 155 Å². The Balaban J connectivity index is 1.50. The summed E-state index contributed by atoms with van der Waals surface area (Å²) in [6.07, 6.45) is 4.35. The molecule has 1 saturated heterocycles. The summed E-state index contributed by atoms with van der Waals surface area (Å²) >= 11 is 0. The van der Waals surface area contributed by atoms with E-state index in [-0.39, 0.29) is 5.91 Å². The van der Waals surface area contributed by atoms with E-state index in [0.29, 0.717) is 30.5 Å². The highest BCUT2D eigenvalue weighted by molar-refractivity contribution is 5.76. The van der Waals surface area contributed by atoms with Crippen LogP contribution in [0.4, 0.5) is 5.69 Å². The van der Waals surface area contributed by atoms with Crippen LogP contribution in [0.2, 0.25) is 0 Å². The Morgan fingerprint density at radius 3 is 2.65 bits per heavy atom. The molecule has 3 rings (SSSR count). The first-order chi connectivity index (χ1) is 12.6. The fourth-order valence-corrected chi connectivity index (χ4v) is 3.08. The van der Waals surface area contributed by atoms with Gasteiger partial charge in [-0.15, -0.1) is 0 Å². The molecule has 2 heterocycles. The number of aromatic nitrogens is 2. The van der Waals surface area contributed by atoms with E-state index in [1.165, 1.54) is 18.5 Å². The summed E-state index contributed by atoms with van der Waals surface area (Å²) in [4.78, 5) is 18.6. The quantitative estimate of drug-likeness (QED) is 0.784. The highest BCUT2D eigenvalue weighted by Crippen LogP contribution is 2.24. The maximum absolute atomic E-state index is 11.8. The van der Waals surface area contributed by atoms with Crippen LogP contribution in [0.25, 0.3) is 11.4 Å². The number of anilines is 1. The zero-order valence-corrected chi connectivity index (χ0v) is 15.7. The van der Waals surface area contributed by atoms with Crippen LogP contribution in [0.1, 0.15) is 45.4 Å². The minimum absolute atomic E-state index is 0.0281. The molecule has 0 radical (unpaired) electrons. The van der Waals surface area contributed by atoms with Gasteiger partial charge in [-0.05, 0) is 49.4 Å². The van der Waals surface area contributed by atoms with Crippen molar-refractivity contribution in [3.05, 3.63) is 30.2 Å². The largest absolute Gasteiger partial charge is 0.372 e. The number of benzene rings is 1.